The SMILES string of the molecule is NCCC(=O)NCc1nccn1CCc1ccccc1. The molecule has 0 fully saturated rings. The monoisotopic (exact) mass is 272 g/mol. The molecule has 0 unspecified atom stereocenters. The molecule has 0 atom stereocenters. The van der Waals surface area contributed by atoms with E-state index in [2.05, 4.69) is 27.0 Å². The molecule has 0 spiro atoms. The maximum atomic E-state index is 11.4. The molecule has 0 aliphatic carbocycles. The first-order valence-electron chi connectivity index (χ1n) is 6.80. The summed E-state index contributed by atoms with van der Waals surface area (Å²) >= 11 is 0. The number of nitrogens with zero attached hydrogens (tertiary/aromatic N) is 2. The third-order valence-electron chi connectivity index (χ3n) is 3.10. The average molecular weight is 272 g/mol. The van der Waals surface area contributed by atoms with Crippen LogP contribution in [0, 0.1) is 0 Å². The first-order chi connectivity index (χ1) is 9.79. The Hall–Kier alpha value is -2.14. The van der Waals surface area contributed by atoms with Crippen LogP contribution in [0.5, 0.6) is 0 Å². The van der Waals surface area contributed by atoms with Gasteiger partial charge in [0.15, 0.2) is 0 Å². The lowest BCUT2D eigenvalue weighted by molar-refractivity contribution is -0.121. The molecule has 1 amide bonds. The van der Waals surface area contributed by atoms with E-state index in [1.165, 1.54) is 5.56 Å². The van der Waals surface area contributed by atoms with E-state index in [9.17, 15) is 4.79 Å². The molecule has 0 saturated carbocycles. The van der Waals surface area contributed by atoms with Crippen LogP contribution in [-0.4, -0.2) is 22.0 Å². The predicted molar refractivity (Wildman–Crippen MR) is 77.9 cm³/mol. The van der Waals surface area contributed by atoms with Gasteiger partial charge in [-0.15, -0.1) is 0 Å². The lowest BCUT2D eigenvalue weighted by atomic mass is 10.1. The molecule has 5 heteroatoms. The fourth-order valence-corrected chi connectivity index (χ4v) is 2.00. The Balaban J connectivity index is 1.87. The van der Waals surface area contributed by atoms with Crippen LogP contribution in [0.1, 0.15) is 17.8 Å². The first-order valence-corrected chi connectivity index (χ1v) is 6.80. The molecule has 0 saturated heterocycles. The third-order valence-corrected chi connectivity index (χ3v) is 3.10. The molecule has 1 aromatic heterocycles. The topological polar surface area (TPSA) is 72.9 Å². The van der Waals surface area contributed by atoms with E-state index in [1.807, 2.05) is 24.4 Å². The highest BCUT2D eigenvalue weighted by Crippen LogP contribution is 2.04. The second-order valence-electron chi connectivity index (χ2n) is 4.59. The largest absolute Gasteiger partial charge is 0.349 e. The van der Waals surface area contributed by atoms with Crippen LogP contribution in [0.2, 0.25) is 0 Å². The standard InChI is InChI=1S/C15H20N4O/c16-8-6-15(20)18-12-14-17-9-11-19(14)10-7-13-4-2-1-3-5-13/h1-5,9,11H,6-8,10,12,16H2,(H,18,20). The fraction of sp³-hybridized carbons (Fsp3) is 0.333. The minimum absolute atomic E-state index is 0.0369. The highest BCUT2D eigenvalue weighted by molar-refractivity contribution is 5.75. The number of rotatable bonds is 7. The molecule has 2 rings (SSSR count). The highest BCUT2D eigenvalue weighted by Gasteiger charge is 2.05. The second kappa shape index (κ2) is 7.45. The Labute approximate surface area is 118 Å². The maximum Gasteiger partial charge on any atom is 0.221 e. The number of aryl methyl sites for hydroxylation is 2. The predicted octanol–water partition coefficient (Wildman–Crippen LogP) is 1.09. The lowest BCUT2D eigenvalue weighted by Gasteiger charge is -2.09. The Kier molecular flexibility index (Phi) is 5.32. The van der Waals surface area contributed by atoms with Gasteiger partial charge in [0, 0.05) is 31.9 Å². The van der Waals surface area contributed by atoms with E-state index in [4.69, 9.17) is 5.73 Å². The average Bonchev–Trinajstić information content (AvgIpc) is 2.92. The minimum atomic E-state index is -0.0369. The number of aromatic nitrogens is 2. The first kappa shape index (κ1) is 14.3. The van der Waals surface area contributed by atoms with Crippen molar-refractivity contribution in [1.29, 1.82) is 0 Å². The summed E-state index contributed by atoms with van der Waals surface area (Å²) in [7, 11) is 0. The smallest absolute Gasteiger partial charge is 0.221 e. The van der Waals surface area contributed by atoms with Crippen molar-refractivity contribution in [2.45, 2.75) is 25.9 Å². The molecule has 3 N–H and O–H groups in total. The summed E-state index contributed by atoms with van der Waals surface area (Å²) in [6.07, 6.45) is 4.99. The molecule has 0 aliphatic rings. The zero-order chi connectivity index (χ0) is 14.2. The van der Waals surface area contributed by atoms with Gasteiger partial charge in [-0.3, -0.25) is 4.79 Å². The normalized spacial score (nSPS) is 10.4. The van der Waals surface area contributed by atoms with Gasteiger partial charge in [0.05, 0.1) is 6.54 Å². The molecular formula is C15H20N4O. The molecule has 1 heterocycles. The molecule has 106 valence electrons. The van der Waals surface area contributed by atoms with Crippen molar-refractivity contribution in [3.63, 3.8) is 0 Å². The molecule has 0 radical (unpaired) electrons. The summed E-state index contributed by atoms with van der Waals surface area (Å²) in [4.78, 5) is 15.7. The van der Waals surface area contributed by atoms with E-state index >= 15 is 0 Å². The van der Waals surface area contributed by atoms with Gasteiger partial charge in [-0.05, 0) is 12.0 Å². The van der Waals surface area contributed by atoms with E-state index in [1.54, 1.807) is 6.20 Å². The number of carbonyl (C=O) groups is 1. The molecule has 2 aromatic rings. The van der Waals surface area contributed by atoms with Crippen molar-refractivity contribution in [2.24, 2.45) is 5.73 Å². The Bertz CT molecular complexity index is 536. The van der Waals surface area contributed by atoms with Gasteiger partial charge in [-0.25, -0.2) is 4.98 Å². The number of amides is 1. The summed E-state index contributed by atoms with van der Waals surface area (Å²) < 4.78 is 2.07. The van der Waals surface area contributed by atoms with Crippen molar-refractivity contribution in [1.82, 2.24) is 14.9 Å². The number of hydrogen-bond acceptors (Lipinski definition) is 3. The van der Waals surface area contributed by atoms with Crippen molar-refractivity contribution in [3.05, 3.63) is 54.1 Å². The summed E-state index contributed by atoms with van der Waals surface area (Å²) in [5.74, 6) is 0.830. The van der Waals surface area contributed by atoms with Crippen molar-refractivity contribution >= 4 is 5.91 Å². The van der Waals surface area contributed by atoms with Gasteiger partial charge in [-0.2, -0.15) is 0 Å². The molecule has 1 aromatic carbocycles. The zero-order valence-corrected chi connectivity index (χ0v) is 11.5. The van der Waals surface area contributed by atoms with Crippen LogP contribution in [0.4, 0.5) is 0 Å². The summed E-state index contributed by atoms with van der Waals surface area (Å²) in [6, 6.07) is 10.3. The van der Waals surface area contributed by atoms with Crippen LogP contribution in [-0.2, 0) is 24.3 Å². The zero-order valence-electron chi connectivity index (χ0n) is 11.5. The summed E-state index contributed by atoms with van der Waals surface area (Å²) in [6.45, 7) is 1.67. The van der Waals surface area contributed by atoms with Crippen LogP contribution in [0.3, 0.4) is 0 Å². The van der Waals surface area contributed by atoms with Crippen molar-refractivity contribution < 1.29 is 4.79 Å². The number of benzene rings is 1. The number of carbonyl (C=O) groups excluding carboxylic acids is 1. The van der Waals surface area contributed by atoms with E-state index in [0.29, 0.717) is 19.5 Å². The maximum absolute atomic E-state index is 11.4. The quantitative estimate of drug-likeness (QED) is 0.792. The van der Waals surface area contributed by atoms with Gasteiger partial charge in [0.1, 0.15) is 5.82 Å². The second-order valence-corrected chi connectivity index (χ2v) is 4.59. The number of imidazole rings is 1. The van der Waals surface area contributed by atoms with Gasteiger partial charge in [-0.1, -0.05) is 30.3 Å². The minimum Gasteiger partial charge on any atom is -0.349 e. The third kappa shape index (κ3) is 4.20. The van der Waals surface area contributed by atoms with E-state index in [0.717, 1.165) is 18.8 Å². The van der Waals surface area contributed by atoms with Crippen LogP contribution >= 0.6 is 0 Å². The molecule has 5 nitrogen and oxygen atoms in total. The lowest BCUT2D eigenvalue weighted by Crippen LogP contribution is -2.26. The summed E-state index contributed by atoms with van der Waals surface area (Å²) in [5, 5.41) is 2.82. The molecular weight excluding hydrogens is 252 g/mol. The van der Waals surface area contributed by atoms with Crippen LogP contribution in [0.15, 0.2) is 42.7 Å². The Morgan fingerprint density at radius 3 is 2.85 bits per heavy atom. The van der Waals surface area contributed by atoms with Gasteiger partial charge in [0.2, 0.25) is 5.91 Å². The molecule has 0 aliphatic heterocycles. The number of hydrogen-bond donors (Lipinski definition) is 2. The number of nitrogens with two attached hydrogens (primary N) is 1. The number of nitrogens with one attached hydrogen (secondary N) is 1. The Morgan fingerprint density at radius 1 is 1.30 bits per heavy atom. The molecule has 0 bridgehead atoms. The van der Waals surface area contributed by atoms with Crippen molar-refractivity contribution in [2.75, 3.05) is 6.54 Å². The van der Waals surface area contributed by atoms with E-state index in [-0.39, 0.29) is 5.91 Å². The molecule has 20 heavy (non-hydrogen) atoms. The summed E-state index contributed by atoms with van der Waals surface area (Å²) in [5.41, 5.74) is 6.63. The van der Waals surface area contributed by atoms with Gasteiger partial charge < -0.3 is 15.6 Å². The van der Waals surface area contributed by atoms with Gasteiger partial charge in [0.25, 0.3) is 0 Å². The van der Waals surface area contributed by atoms with Gasteiger partial charge >= 0.3 is 0 Å². The van der Waals surface area contributed by atoms with Crippen LogP contribution in [0.25, 0.3) is 0 Å². The van der Waals surface area contributed by atoms with Crippen molar-refractivity contribution in [3.8, 4) is 0 Å². The highest BCUT2D eigenvalue weighted by atomic mass is 16.1. The fourth-order valence-electron chi connectivity index (χ4n) is 2.00. The van der Waals surface area contributed by atoms with E-state index < -0.39 is 0 Å². The van der Waals surface area contributed by atoms with Crippen LogP contribution < -0.4 is 11.1 Å². The Morgan fingerprint density at radius 2 is 2.10 bits per heavy atom.